The molecule has 2 amide bonds. The maximum absolute atomic E-state index is 12.1. The number of aliphatic hydroxyl groups is 1. The van der Waals surface area contributed by atoms with Crippen LogP contribution < -0.4 is 10.0 Å². The summed E-state index contributed by atoms with van der Waals surface area (Å²) in [5.74, 6) is 3.78. The second kappa shape index (κ2) is 10.4. The normalized spacial score (nSPS) is 43.3. The fraction of sp³-hybridized carbons (Fsp3) is 0.964. The maximum Gasteiger partial charge on any atom is 0.329 e. The van der Waals surface area contributed by atoms with Crippen LogP contribution in [0.25, 0.3) is 0 Å². The van der Waals surface area contributed by atoms with Crippen LogP contribution in [0.2, 0.25) is 0 Å². The summed E-state index contributed by atoms with van der Waals surface area (Å²) >= 11 is 0. The molecule has 4 saturated carbocycles. The molecule has 4 fully saturated rings. The van der Waals surface area contributed by atoms with E-state index in [0.29, 0.717) is 53.4 Å². The lowest BCUT2D eigenvalue weighted by Gasteiger charge is -2.64. The van der Waals surface area contributed by atoms with E-state index in [-0.39, 0.29) is 11.5 Å². The first-order valence-electron chi connectivity index (χ1n) is 14.5. The van der Waals surface area contributed by atoms with Crippen molar-refractivity contribution >= 4 is 16.2 Å². The van der Waals surface area contributed by atoms with Crippen LogP contribution in [0.5, 0.6) is 0 Å². The zero-order valence-electron chi connectivity index (χ0n) is 23.4. The minimum Gasteiger partial charge on any atom is -0.393 e. The minimum atomic E-state index is -3.78. The number of aliphatic hydroxyl groups excluding tert-OH is 1. The van der Waals surface area contributed by atoms with E-state index in [1.165, 1.54) is 65.5 Å². The minimum absolute atomic E-state index is 0.168. The second-order valence-corrected chi connectivity index (χ2v) is 15.2. The molecule has 0 spiro atoms. The van der Waals surface area contributed by atoms with Gasteiger partial charge in [-0.2, -0.15) is 12.7 Å². The zero-order chi connectivity index (χ0) is 26.5. The van der Waals surface area contributed by atoms with Crippen molar-refractivity contribution in [3.05, 3.63) is 0 Å². The highest BCUT2D eigenvalue weighted by Gasteiger charge is 2.64. The fourth-order valence-electron chi connectivity index (χ4n) is 9.87. The van der Waals surface area contributed by atoms with Crippen LogP contribution in [-0.4, -0.2) is 50.6 Å². The van der Waals surface area contributed by atoms with Gasteiger partial charge in [-0.1, -0.05) is 47.0 Å². The van der Waals surface area contributed by atoms with Crippen LogP contribution in [0.3, 0.4) is 0 Å². The summed E-state index contributed by atoms with van der Waals surface area (Å²) in [6.07, 6.45) is 11.9. The lowest BCUT2D eigenvalue weighted by molar-refractivity contribution is -0.194. The van der Waals surface area contributed by atoms with Gasteiger partial charge in [-0.15, -0.1) is 0 Å². The third kappa shape index (κ3) is 4.72. The Hall–Kier alpha value is -0.860. The van der Waals surface area contributed by atoms with E-state index in [0.717, 1.165) is 17.1 Å². The lowest BCUT2D eigenvalue weighted by atomic mass is 9.41. The summed E-state index contributed by atoms with van der Waals surface area (Å²) in [7, 11) is -0.992. The molecule has 0 aromatic heterocycles. The number of nitrogens with zero attached hydrogens (tertiary/aromatic N) is 1. The molecule has 0 aromatic rings. The SMILES string of the molecule is CC[C@H]1[C@@H](O)[C@@H]2[C@H](CC[C@]3(C)[C@@H]([C@H](C)CCNC(=O)NS(=O)(=O)N(C)C)CC[C@@H]23)[C@@]2(C)CCCC[C@@H]12. The topological polar surface area (TPSA) is 98.7 Å². The van der Waals surface area contributed by atoms with Gasteiger partial charge in [0.05, 0.1) is 6.10 Å². The molecule has 0 aliphatic heterocycles. The van der Waals surface area contributed by atoms with Crippen molar-refractivity contribution < 1.29 is 18.3 Å². The van der Waals surface area contributed by atoms with E-state index in [1.807, 2.05) is 4.72 Å². The molecular weight excluding hydrogens is 474 g/mol. The number of urea groups is 1. The summed E-state index contributed by atoms with van der Waals surface area (Å²) in [6.45, 7) is 10.1. The molecule has 0 bridgehead atoms. The highest BCUT2D eigenvalue weighted by atomic mass is 32.2. The van der Waals surface area contributed by atoms with Crippen LogP contribution in [0.4, 0.5) is 4.79 Å². The van der Waals surface area contributed by atoms with E-state index in [9.17, 15) is 18.3 Å². The Morgan fingerprint density at radius 1 is 1.03 bits per heavy atom. The second-order valence-electron chi connectivity index (χ2n) is 13.4. The van der Waals surface area contributed by atoms with Gasteiger partial charge in [0.15, 0.2) is 0 Å². The van der Waals surface area contributed by atoms with Gasteiger partial charge in [0.1, 0.15) is 0 Å². The van der Waals surface area contributed by atoms with Gasteiger partial charge in [-0.25, -0.2) is 9.52 Å². The summed E-state index contributed by atoms with van der Waals surface area (Å²) in [6, 6.07) is -0.668. The van der Waals surface area contributed by atoms with Crippen LogP contribution in [0.1, 0.15) is 91.9 Å². The van der Waals surface area contributed by atoms with E-state index in [2.05, 4.69) is 33.0 Å². The number of hydrogen-bond acceptors (Lipinski definition) is 4. The monoisotopic (exact) mass is 525 g/mol. The van der Waals surface area contributed by atoms with Gasteiger partial charge in [-0.05, 0) is 97.2 Å². The molecule has 0 unspecified atom stereocenters. The third-order valence-electron chi connectivity index (χ3n) is 11.7. The number of carbonyl (C=O) groups excluding carboxylic acids is 1. The van der Waals surface area contributed by atoms with Crippen molar-refractivity contribution in [3.63, 3.8) is 0 Å². The first-order valence-corrected chi connectivity index (χ1v) is 16.0. The Morgan fingerprint density at radius 2 is 1.72 bits per heavy atom. The number of nitrogens with one attached hydrogen (secondary N) is 2. The highest BCUT2D eigenvalue weighted by molar-refractivity contribution is 7.87. The molecule has 4 rings (SSSR count). The first-order chi connectivity index (χ1) is 16.9. The molecule has 0 heterocycles. The molecule has 7 nitrogen and oxygen atoms in total. The number of rotatable bonds is 7. The van der Waals surface area contributed by atoms with Gasteiger partial charge in [0.25, 0.3) is 0 Å². The van der Waals surface area contributed by atoms with Crippen molar-refractivity contribution in [2.24, 2.45) is 52.3 Å². The van der Waals surface area contributed by atoms with Gasteiger partial charge < -0.3 is 10.4 Å². The van der Waals surface area contributed by atoms with Crippen molar-refractivity contribution in [1.29, 1.82) is 0 Å². The summed E-state index contributed by atoms with van der Waals surface area (Å²) in [5.41, 5.74) is 0.617. The number of amides is 2. The smallest absolute Gasteiger partial charge is 0.329 e. The van der Waals surface area contributed by atoms with E-state index in [1.54, 1.807) is 0 Å². The predicted octanol–water partition coefficient (Wildman–Crippen LogP) is 4.77. The Balaban J connectivity index is 1.43. The van der Waals surface area contributed by atoms with Crippen molar-refractivity contribution in [2.45, 2.75) is 98.0 Å². The predicted molar refractivity (Wildman–Crippen MR) is 143 cm³/mol. The standard InChI is InChI=1S/C28H51N3O4S/c1-7-19-21-10-8-9-15-27(21,3)23-13-16-28(4)20(11-12-22(28)24(23)25(19)32)18(2)14-17-29-26(33)30-36(34,35)31(5)6/h18-25,32H,7-17H2,1-6H3,(H2,29,30,33)/t18-,19-,20-,21+,22+,23+,24+,25-,27+,28-/m1/s1. The molecule has 4 aliphatic carbocycles. The molecule has 208 valence electrons. The lowest BCUT2D eigenvalue weighted by Crippen LogP contribution is -2.61. The Morgan fingerprint density at radius 3 is 2.39 bits per heavy atom. The first kappa shape index (κ1) is 28.2. The van der Waals surface area contributed by atoms with Crippen LogP contribution >= 0.6 is 0 Å². The molecular formula is C28H51N3O4S. The van der Waals surface area contributed by atoms with Gasteiger partial charge >= 0.3 is 16.2 Å². The third-order valence-corrected chi connectivity index (χ3v) is 13.1. The highest BCUT2D eigenvalue weighted by Crippen LogP contribution is 2.69. The molecule has 4 aliphatic rings. The Kier molecular flexibility index (Phi) is 8.11. The van der Waals surface area contributed by atoms with Crippen molar-refractivity contribution in [3.8, 4) is 0 Å². The molecule has 3 N–H and O–H groups in total. The summed E-state index contributed by atoms with van der Waals surface area (Å²) < 4.78 is 26.8. The zero-order valence-corrected chi connectivity index (χ0v) is 24.2. The van der Waals surface area contributed by atoms with E-state index >= 15 is 0 Å². The maximum atomic E-state index is 12.1. The van der Waals surface area contributed by atoms with Gasteiger partial charge in [0, 0.05) is 20.6 Å². The average Bonchev–Trinajstić information content (AvgIpc) is 3.16. The quantitative estimate of drug-likeness (QED) is 0.446. The van der Waals surface area contributed by atoms with Crippen LogP contribution in [0.15, 0.2) is 0 Å². The van der Waals surface area contributed by atoms with E-state index in [4.69, 9.17) is 0 Å². The molecule has 0 saturated heterocycles. The molecule has 0 radical (unpaired) electrons. The van der Waals surface area contributed by atoms with E-state index < -0.39 is 16.2 Å². The average molecular weight is 526 g/mol. The Labute approximate surface area is 219 Å². The molecule has 36 heavy (non-hydrogen) atoms. The summed E-state index contributed by atoms with van der Waals surface area (Å²) in [4.78, 5) is 12.1. The van der Waals surface area contributed by atoms with Crippen molar-refractivity contribution in [1.82, 2.24) is 14.3 Å². The Bertz CT molecular complexity index is 910. The number of carbonyl (C=O) groups is 1. The fourth-order valence-corrected chi connectivity index (χ4v) is 10.4. The van der Waals surface area contributed by atoms with Gasteiger partial charge in [-0.3, -0.25) is 0 Å². The summed E-state index contributed by atoms with van der Waals surface area (Å²) in [5, 5.41) is 14.6. The molecule has 10 atom stereocenters. The largest absolute Gasteiger partial charge is 0.393 e. The number of hydrogen-bond donors (Lipinski definition) is 3. The molecule has 0 aromatic carbocycles. The number of fused-ring (bicyclic) bond motifs is 5. The van der Waals surface area contributed by atoms with Crippen LogP contribution in [-0.2, 0) is 10.2 Å². The molecule has 8 heteroatoms. The van der Waals surface area contributed by atoms with Crippen molar-refractivity contribution in [2.75, 3.05) is 20.6 Å². The van der Waals surface area contributed by atoms with Gasteiger partial charge in [0.2, 0.25) is 0 Å². The van der Waals surface area contributed by atoms with Crippen LogP contribution in [0, 0.1) is 52.3 Å².